The van der Waals surface area contributed by atoms with Gasteiger partial charge in [0.15, 0.2) is 0 Å². The third-order valence-electron chi connectivity index (χ3n) is 4.78. The van der Waals surface area contributed by atoms with Crippen molar-refractivity contribution < 1.29 is 22.7 Å². The summed E-state index contributed by atoms with van der Waals surface area (Å²) in [6.45, 7) is 2.17. The molecule has 0 spiro atoms. The van der Waals surface area contributed by atoms with Crippen molar-refractivity contribution in [2.24, 2.45) is 0 Å². The van der Waals surface area contributed by atoms with E-state index in [2.05, 4.69) is 4.72 Å². The predicted molar refractivity (Wildman–Crippen MR) is 119 cm³/mol. The van der Waals surface area contributed by atoms with Gasteiger partial charge < -0.3 is 14.4 Å². The van der Waals surface area contributed by atoms with Gasteiger partial charge in [-0.2, -0.15) is 0 Å². The molecular weight excluding hydrogens is 436 g/mol. The third-order valence-corrected chi connectivity index (χ3v) is 7.08. The van der Waals surface area contributed by atoms with Crippen LogP contribution in [0, 0.1) is 0 Å². The second-order valence-corrected chi connectivity index (χ2v) is 9.60. The van der Waals surface area contributed by atoms with Crippen molar-refractivity contribution in [3.63, 3.8) is 0 Å². The average molecular weight is 459 g/mol. The molecular formula is C22H22N2O5S2. The number of carbonyl (C=O) groups is 1. The molecule has 1 aliphatic heterocycles. The van der Waals surface area contributed by atoms with Gasteiger partial charge in [-0.05, 0) is 47.8 Å². The van der Waals surface area contributed by atoms with Crippen molar-refractivity contribution in [3.8, 4) is 11.5 Å². The molecule has 1 N–H and O–H groups in total. The predicted octanol–water partition coefficient (Wildman–Crippen LogP) is 3.74. The quantitative estimate of drug-likeness (QED) is 0.583. The maximum Gasteiger partial charge on any atom is 0.261 e. The Kier molecular flexibility index (Phi) is 6.55. The van der Waals surface area contributed by atoms with E-state index in [-0.39, 0.29) is 17.2 Å². The SMILES string of the molecule is O=C(Cc1sccc1NS(=O)(=O)c1ccc(Oc2ccccc2)cc1)N1CCOCC1. The highest BCUT2D eigenvalue weighted by molar-refractivity contribution is 7.92. The molecule has 0 saturated carbocycles. The molecule has 1 saturated heterocycles. The highest BCUT2D eigenvalue weighted by Crippen LogP contribution is 2.28. The summed E-state index contributed by atoms with van der Waals surface area (Å²) in [5.74, 6) is 1.18. The number of morpholine rings is 1. The molecule has 0 unspecified atom stereocenters. The lowest BCUT2D eigenvalue weighted by Crippen LogP contribution is -2.41. The largest absolute Gasteiger partial charge is 0.457 e. The number of amides is 1. The monoisotopic (exact) mass is 458 g/mol. The van der Waals surface area contributed by atoms with Crippen LogP contribution in [0.1, 0.15) is 4.88 Å². The molecule has 0 bridgehead atoms. The number of thiophene rings is 1. The molecule has 31 heavy (non-hydrogen) atoms. The zero-order valence-electron chi connectivity index (χ0n) is 16.7. The summed E-state index contributed by atoms with van der Waals surface area (Å²) in [5, 5.41) is 1.77. The van der Waals surface area contributed by atoms with E-state index < -0.39 is 10.0 Å². The van der Waals surface area contributed by atoms with Crippen LogP contribution in [0.5, 0.6) is 11.5 Å². The number of nitrogens with one attached hydrogen (secondary N) is 1. The molecule has 0 atom stereocenters. The molecule has 2 heterocycles. The number of sulfonamides is 1. The minimum Gasteiger partial charge on any atom is -0.457 e. The first-order valence-electron chi connectivity index (χ1n) is 9.79. The Labute approximate surface area is 185 Å². The molecule has 7 nitrogen and oxygen atoms in total. The number of para-hydroxylation sites is 1. The highest BCUT2D eigenvalue weighted by Gasteiger charge is 2.21. The summed E-state index contributed by atoms with van der Waals surface area (Å²) in [4.78, 5) is 15.1. The Morgan fingerprint density at radius 2 is 1.68 bits per heavy atom. The molecule has 1 aliphatic rings. The van der Waals surface area contributed by atoms with Crippen LogP contribution in [0.2, 0.25) is 0 Å². The van der Waals surface area contributed by atoms with Crippen LogP contribution in [0.25, 0.3) is 0 Å². The van der Waals surface area contributed by atoms with Crippen molar-refractivity contribution in [3.05, 3.63) is 70.9 Å². The average Bonchev–Trinajstić information content (AvgIpc) is 3.21. The molecule has 162 valence electrons. The van der Waals surface area contributed by atoms with E-state index in [4.69, 9.17) is 9.47 Å². The lowest BCUT2D eigenvalue weighted by Gasteiger charge is -2.26. The number of nitrogens with zero attached hydrogens (tertiary/aromatic N) is 1. The number of hydrogen-bond acceptors (Lipinski definition) is 6. The fraction of sp³-hybridized carbons (Fsp3) is 0.227. The Hall–Kier alpha value is -2.88. The molecule has 2 aromatic carbocycles. The molecule has 9 heteroatoms. The molecule has 0 radical (unpaired) electrons. The van der Waals surface area contributed by atoms with Gasteiger partial charge in [-0.25, -0.2) is 8.42 Å². The molecule has 1 amide bonds. The van der Waals surface area contributed by atoms with Crippen molar-refractivity contribution in [1.82, 2.24) is 4.90 Å². The number of hydrogen-bond donors (Lipinski definition) is 1. The Balaban J connectivity index is 1.43. The molecule has 1 fully saturated rings. The van der Waals surface area contributed by atoms with E-state index in [1.165, 1.54) is 23.5 Å². The van der Waals surface area contributed by atoms with Crippen molar-refractivity contribution in [2.45, 2.75) is 11.3 Å². The molecule has 4 rings (SSSR count). The number of benzene rings is 2. The lowest BCUT2D eigenvalue weighted by molar-refractivity contribution is -0.134. The smallest absolute Gasteiger partial charge is 0.261 e. The van der Waals surface area contributed by atoms with E-state index in [9.17, 15) is 13.2 Å². The van der Waals surface area contributed by atoms with Gasteiger partial charge in [0.1, 0.15) is 11.5 Å². The van der Waals surface area contributed by atoms with E-state index in [0.717, 1.165) is 0 Å². The summed E-state index contributed by atoms with van der Waals surface area (Å²) in [5.41, 5.74) is 0.427. The minimum absolute atomic E-state index is 0.0337. The first kappa shape index (κ1) is 21.4. The Morgan fingerprint density at radius 3 is 2.39 bits per heavy atom. The molecule has 1 aromatic heterocycles. The van der Waals surface area contributed by atoms with Gasteiger partial charge >= 0.3 is 0 Å². The summed E-state index contributed by atoms with van der Waals surface area (Å²) in [7, 11) is -3.80. The Bertz CT molecular complexity index is 1120. The summed E-state index contributed by atoms with van der Waals surface area (Å²) >= 11 is 1.36. The molecule has 0 aliphatic carbocycles. The zero-order valence-corrected chi connectivity index (χ0v) is 18.3. The van der Waals surface area contributed by atoms with Crippen molar-refractivity contribution in [2.75, 3.05) is 31.0 Å². The standard InChI is InChI=1S/C22H22N2O5S2/c25-22(24-11-13-28-14-12-24)16-21-20(10-15-30-21)23-31(26,27)19-8-6-18(7-9-19)29-17-4-2-1-3-5-17/h1-10,15,23H,11-14,16H2. The summed E-state index contributed by atoms with van der Waals surface area (Å²) < 4.78 is 39.3. The van der Waals surface area contributed by atoms with Gasteiger partial charge in [-0.15, -0.1) is 11.3 Å². The number of anilines is 1. The first-order valence-corrected chi connectivity index (χ1v) is 12.2. The topological polar surface area (TPSA) is 84.9 Å². The van der Waals surface area contributed by atoms with Gasteiger partial charge in [-0.3, -0.25) is 9.52 Å². The Morgan fingerprint density at radius 1 is 1.00 bits per heavy atom. The second-order valence-electron chi connectivity index (χ2n) is 6.92. The normalized spacial score (nSPS) is 14.3. The molecule has 3 aromatic rings. The maximum absolute atomic E-state index is 12.8. The summed E-state index contributed by atoms with van der Waals surface area (Å²) in [6, 6.07) is 17.1. The fourth-order valence-corrected chi connectivity index (χ4v) is 5.12. The number of ether oxygens (including phenoxy) is 2. The van der Waals surface area contributed by atoms with Crippen LogP contribution in [-0.2, 0) is 26.0 Å². The highest BCUT2D eigenvalue weighted by atomic mass is 32.2. The zero-order chi connectivity index (χ0) is 21.7. The fourth-order valence-electron chi connectivity index (χ4n) is 3.15. The van der Waals surface area contributed by atoms with Gasteiger partial charge in [0.05, 0.1) is 30.2 Å². The van der Waals surface area contributed by atoms with Gasteiger partial charge in [-0.1, -0.05) is 18.2 Å². The van der Waals surface area contributed by atoms with Crippen LogP contribution >= 0.6 is 11.3 Å². The third kappa shape index (κ3) is 5.43. The van der Waals surface area contributed by atoms with E-state index >= 15 is 0 Å². The van der Waals surface area contributed by atoms with Crippen LogP contribution in [0.3, 0.4) is 0 Å². The first-order chi connectivity index (χ1) is 15.0. The summed E-state index contributed by atoms with van der Waals surface area (Å²) in [6.07, 6.45) is 0.152. The second kappa shape index (κ2) is 9.51. The van der Waals surface area contributed by atoms with Gasteiger partial charge in [0.25, 0.3) is 10.0 Å². The van der Waals surface area contributed by atoms with Crippen molar-refractivity contribution in [1.29, 1.82) is 0 Å². The lowest BCUT2D eigenvalue weighted by atomic mass is 10.2. The van der Waals surface area contributed by atoms with E-state index in [0.29, 0.717) is 48.4 Å². The van der Waals surface area contributed by atoms with Crippen LogP contribution in [-0.4, -0.2) is 45.5 Å². The number of rotatable bonds is 7. The van der Waals surface area contributed by atoms with Crippen LogP contribution in [0.15, 0.2) is 70.9 Å². The van der Waals surface area contributed by atoms with Crippen LogP contribution in [0.4, 0.5) is 5.69 Å². The van der Waals surface area contributed by atoms with Crippen LogP contribution < -0.4 is 9.46 Å². The van der Waals surface area contributed by atoms with Gasteiger partial charge in [0, 0.05) is 18.0 Å². The van der Waals surface area contributed by atoms with E-state index in [1.54, 1.807) is 28.5 Å². The maximum atomic E-state index is 12.8. The van der Waals surface area contributed by atoms with Gasteiger partial charge in [0.2, 0.25) is 5.91 Å². The van der Waals surface area contributed by atoms with E-state index in [1.807, 2.05) is 30.3 Å². The number of carbonyl (C=O) groups excluding carboxylic acids is 1. The van der Waals surface area contributed by atoms with Crippen molar-refractivity contribution >= 4 is 33.0 Å². The minimum atomic E-state index is -3.80.